The van der Waals surface area contributed by atoms with E-state index in [1.807, 2.05) is 25.9 Å². The predicted octanol–water partition coefficient (Wildman–Crippen LogP) is 2.66. The molecule has 0 aliphatic carbocycles. The summed E-state index contributed by atoms with van der Waals surface area (Å²) < 4.78 is 14.1. The van der Waals surface area contributed by atoms with Gasteiger partial charge in [-0.25, -0.2) is 4.39 Å². The molecule has 0 amide bonds. The van der Waals surface area contributed by atoms with Crippen LogP contribution in [0.2, 0.25) is 0 Å². The molecule has 0 bridgehead atoms. The smallest absolute Gasteiger partial charge is 0.146 e. The van der Waals surface area contributed by atoms with Crippen molar-refractivity contribution in [2.75, 3.05) is 38.6 Å². The second-order valence-corrected chi connectivity index (χ2v) is 5.12. The average Bonchev–Trinajstić information content (AvgIpc) is 2.34. The van der Waals surface area contributed by atoms with Gasteiger partial charge in [0.15, 0.2) is 0 Å². The molecule has 0 aliphatic rings. The first-order chi connectivity index (χ1) is 8.95. The van der Waals surface area contributed by atoms with Gasteiger partial charge in [0.2, 0.25) is 0 Å². The van der Waals surface area contributed by atoms with Crippen LogP contribution in [0.25, 0.3) is 0 Å². The van der Waals surface area contributed by atoms with E-state index in [4.69, 9.17) is 0 Å². The number of benzene rings is 1. The fourth-order valence-electron chi connectivity index (χ4n) is 2.07. The van der Waals surface area contributed by atoms with Gasteiger partial charge in [-0.3, -0.25) is 0 Å². The zero-order chi connectivity index (χ0) is 14.4. The maximum atomic E-state index is 14.1. The summed E-state index contributed by atoms with van der Waals surface area (Å²) in [6.45, 7) is 6.27. The highest BCUT2D eigenvalue weighted by Gasteiger charge is 2.12. The van der Waals surface area contributed by atoms with Crippen LogP contribution in [0, 0.1) is 5.82 Å². The van der Waals surface area contributed by atoms with Crippen molar-refractivity contribution in [3.63, 3.8) is 0 Å². The minimum absolute atomic E-state index is 0.259. The molecular weight excluding hydrogens is 243 g/mol. The van der Waals surface area contributed by atoms with Gasteiger partial charge >= 0.3 is 0 Å². The van der Waals surface area contributed by atoms with E-state index in [0.29, 0.717) is 11.3 Å². The molecule has 4 heteroatoms. The molecule has 1 aromatic carbocycles. The van der Waals surface area contributed by atoms with Crippen LogP contribution >= 0.6 is 0 Å². The summed E-state index contributed by atoms with van der Waals surface area (Å²) in [5, 5.41) is 9.45. The Labute approximate surface area is 115 Å². The lowest BCUT2D eigenvalue weighted by atomic mass is 10.1. The normalized spacial score (nSPS) is 12.8. The van der Waals surface area contributed by atoms with Crippen molar-refractivity contribution in [1.29, 1.82) is 0 Å². The molecule has 0 aromatic heterocycles. The minimum Gasteiger partial charge on any atom is -0.389 e. The molecule has 1 aromatic rings. The van der Waals surface area contributed by atoms with E-state index in [2.05, 4.69) is 4.90 Å². The second-order valence-electron chi connectivity index (χ2n) is 5.12. The number of aliphatic hydroxyl groups excluding tert-OH is 1. The molecule has 1 N–H and O–H groups in total. The summed E-state index contributed by atoms with van der Waals surface area (Å²) in [6, 6.07) is 4.98. The zero-order valence-corrected chi connectivity index (χ0v) is 12.4. The molecule has 108 valence electrons. The molecule has 0 saturated carbocycles. The van der Waals surface area contributed by atoms with Gasteiger partial charge < -0.3 is 14.9 Å². The van der Waals surface area contributed by atoms with E-state index in [0.717, 1.165) is 26.1 Å². The first-order valence-electron chi connectivity index (χ1n) is 6.83. The minimum atomic E-state index is -0.632. The molecule has 1 rings (SSSR count). The van der Waals surface area contributed by atoms with Gasteiger partial charge in [0.25, 0.3) is 0 Å². The van der Waals surface area contributed by atoms with Gasteiger partial charge in [-0.1, -0.05) is 6.07 Å². The van der Waals surface area contributed by atoms with Crippen LogP contribution in [0.4, 0.5) is 10.1 Å². The highest BCUT2D eigenvalue weighted by atomic mass is 19.1. The monoisotopic (exact) mass is 268 g/mol. The quantitative estimate of drug-likeness (QED) is 0.823. The van der Waals surface area contributed by atoms with Crippen LogP contribution in [0.1, 0.15) is 31.9 Å². The van der Waals surface area contributed by atoms with Gasteiger partial charge in [-0.05, 0) is 58.6 Å². The van der Waals surface area contributed by atoms with Crippen molar-refractivity contribution < 1.29 is 9.50 Å². The van der Waals surface area contributed by atoms with E-state index in [1.54, 1.807) is 19.1 Å². The molecule has 0 fully saturated rings. The van der Waals surface area contributed by atoms with Crippen LogP contribution in [-0.2, 0) is 0 Å². The van der Waals surface area contributed by atoms with Crippen molar-refractivity contribution in [3.8, 4) is 0 Å². The number of halogens is 1. The molecule has 0 aliphatic heterocycles. The Morgan fingerprint density at radius 2 is 1.95 bits per heavy atom. The van der Waals surface area contributed by atoms with Gasteiger partial charge in [0.05, 0.1) is 11.8 Å². The Morgan fingerprint density at radius 3 is 2.42 bits per heavy atom. The Balaban J connectivity index is 2.75. The molecular formula is C15H25FN2O. The Kier molecular flexibility index (Phi) is 6.25. The standard InChI is InChI=1S/C15H25FN2O/c1-5-18(10-6-9-17(3)4)15-8-7-13(12(2)19)11-14(15)16/h7-8,11-12,19H,5-6,9-10H2,1-4H3/t12-/m1/s1. The summed E-state index contributed by atoms with van der Waals surface area (Å²) in [4.78, 5) is 4.16. The van der Waals surface area contributed by atoms with Crippen LogP contribution in [-0.4, -0.2) is 43.7 Å². The number of rotatable bonds is 7. The van der Waals surface area contributed by atoms with Crippen LogP contribution in [0.5, 0.6) is 0 Å². The molecule has 19 heavy (non-hydrogen) atoms. The van der Waals surface area contributed by atoms with E-state index in [1.165, 1.54) is 6.07 Å². The lowest BCUT2D eigenvalue weighted by Crippen LogP contribution is -2.27. The second kappa shape index (κ2) is 7.46. The van der Waals surface area contributed by atoms with Crippen LogP contribution in [0.3, 0.4) is 0 Å². The topological polar surface area (TPSA) is 26.7 Å². The van der Waals surface area contributed by atoms with Gasteiger partial charge in [-0.15, -0.1) is 0 Å². The highest BCUT2D eigenvalue weighted by Crippen LogP contribution is 2.23. The van der Waals surface area contributed by atoms with E-state index < -0.39 is 6.10 Å². The lowest BCUT2D eigenvalue weighted by Gasteiger charge is -2.25. The van der Waals surface area contributed by atoms with Crippen LogP contribution in [0.15, 0.2) is 18.2 Å². The SMILES string of the molecule is CCN(CCCN(C)C)c1ccc([C@@H](C)O)cc1F. The van der Waals surface area contributed by atoms with E-state index in [-0.39, 0.29) is 5.82 Å². The zero-order valence-electron chi connectivity index (χ0n) is 12.4. The summed E-state index contributed by atoms with van der Waals surface area (Å²) in [5.41, 5.74) is 1.23. The molecule has 3 nitrogen and oxygen atoms in total. The molecule has 0 heterocycles. The van der Waals surface area contributed by atoms with Crippen LogP contribution < -0.4 is 4.90 Å². The van der Waals surface area contributed by atoms with Gasteiger partial charge in [0.1, 0.15) is 5.82 Å². The Bertz CT molecular complexity index is 394. The summed E-state index contributed by atoms with van der Waals surface area (Å²) in [7, 11) is 4.07. The number of anilines is 1. The third kappa shape index (κ3) is 4.80. The lowest BCUT2D eigenvalue weighted by molar-refractivity contribution is 0.199. The van der Waals surface area contributed by atoms with Crippen molar-refractivity contribution in [2.45, 2.75) is 26.4 Å². The maximum absolute atomic E-state index is 14.1. The van der Waals surface area contributed by atoms with Gasteiger partial charge in [0, 0.05) is 13.1 Å². The third-order valence-electron chi connectivity index (χ3n) is 3.21. The van der Waals surface area contributed by atoms with E-state index in [9.17, 15) is 9.50 Å². The Morgan fingerprint density at radius 1 is 1.26 bits per heavy atom. The number of hydrogen-bond donors (Lipinski definition) is 1. The molecule has 0 saturated heterocycles. The largest absolute Gasteiger partial charge is 0.389 e. The van der Waals surface area contributed by atoms with E-state index >= 15 is 0 Å². The fraction of sp³-hybridized carbons (Fsp3) is 0.600. The summed E-state index contributed by atoms with van der Waals surface area (Å²) in [6.07, 6.45) is 0.366. The third-order valence-corrected chi connectivity index (χ3v) is 3.21. The first kappa shape index (κ1) is 15.9. The molecule has 0 radical (unpaired) electrons. The maximum Gasteiger partial charge on any atom is 0.146 e. The highest BCUT2D eigenvalue weighted by molar-refractivity contribution is 5.49. The summed E-state index contributed by atoms with van der Waals surface area (Å²) in [5.74, 6) is -0.259. The Hall–Kier alpha value is -1.13. The summed E-state index contributed by atoms with van der Waals surface area (Å²) >= 11 is 0. The van der Waals surface area contributed by atoms with Crippen molar-refractivity contribution >= 4 is 5.69 Å². The van der Waals surface area contributed by atoms with Gasteiger partial charge in [-0.2, -0.15) is 0 Å². The molecule has 0 spiro atoms. The van der Waals surface area contributed by atoms with Crippen molar-refractivity contribution in [2.24, 2.45) is 0 Å². The molecule has 0 unspecified atom stereocenters. The predicted molar refractivity (Wildman–Crippen MR) is 78.1 cm³/mol. The van der Waals surface area contributed by atoms with Crippen molar-refractivity contribution in [1.82, 2.24) is 4.90 Å². The first-order valence-corrected chi connectivity index (χ1v) is 6.83. The average molecular weight is 268 g/mol. The number of nitrogens with zero attached hydrogens (tertiary/aromatic N) is 2. The number of aliphatic hydroxyl groups is 1. The molecule has 1 atom stereocenters. The van der Waals surface area contributed by atoms with Crippen molar-refractivity contribution in [3.05, 3.63) is 29.6 Å². The number of hydrogen-bond acceptors (Lipinski definition) is 3. The fourth-order valence-corrected chi connectivity index (χ4v) is 2.07.